The van der Waals surface area contributed by atoms with E-state index in [9.17, 15) is 0 Å². The Balaban J connectivity index is 1.99. The highest BCUT2D eigenvalue weighted by Gasteiger charge is 2.20. The van der Waals surface area contributed by atoms with Crippen molar-refractivity contribution in [3.05, 3.63) is 28.0 Å². The second-order valence-electron chi connectivity index (χ2n) is 4.13. The van der Waals surface area contributed by atoms with Crippen molar-refractivity contribution in [2.24, 2.45) is 5.73 Å². The Kier molecular flexibility index (Phi) is 3.34. The van der Waals surface area contributed by atoms with Crippen LogP contribution in [0.2, 0.25) is 0 Å². The predicted molar refractivity (Wildman–Crippen MR) is 70.0 cm³/mol. The monoisotopic (exact) mass is 325 g/mol. The van der Waals surface area contributed by atoms with Gasteiger partial charge in [0.25, 0.3) is 0 Å². The number of nitrogens with two attached hydrogens (primary N) is 1. The highest BCUT2D eigenvalue weighted by molar-refractivity contribution is 9.10. The molecule has 100 valence electrons. The van der Waals surface area contributed by atoms with Gasteiger partial charge in [-0.05, 0) is 33.6 Å². The van der Waals surface area contributed by atoms with Crippen LogP contribution < -0.4 is 15.2 Å². The maximum absolute atomic E-state index is 6.10. The quantitative estimate of drug-likeness (QED) is 0.859. The molecule has 0 radical (unpaired) electrons. The van der Waals surface area contributed by atoms with Crippen LogP contribution >= 0.6 is 15.9 Å². The summed E-state index contributed by atoms with van der Waals surface area (Å²) in [4.78, 5) is 0. The second kappa shape index (κ2) is 5.14. The highest BCUT2D eigenvalue weighted by atomic mass is 79.9. The van der Waals surface area contributed by atoms with Crippen LogP contribution in [0.4, 0.5) is 0 Å². The van der Waals surface area contributed by atoms with Crippen LogP contribution in [0.1, 0.15) is 23.9 Å². The summed E-state index contributed by atoms with van der Waals surface area (Å²) in [6.45, 7) is 1.27. The predicted octanol–water partition coefficient (Wildman–Crippen LogP) is 1.17. The summed E-state index contributed by atoms with van der Waals surface area (Å²) < 4.78 is 12.1. The van der Waals surface area contributed by atoms with Crippen LogP contribution in [0.25, 0.3) is 0 Å². The Labute approximate surface area is 117 Å². The van der Waals surface area contributed by atoms with Crippen molar-refractivity contribution < 1.29 is 9.47 Å². The fourth-order valence-corrected chi connectivity index (χ4v) is 2.45. The van der Waals surface area contributed by atoms with E-state index >= 15 is 0 Å². The molecule has 0 saturated carbocycles. The number of ether oxygens (including phenoxy) is 2. The van der Waals surface area contributed by atoms with Crippen LogP contribution in [0.15, 0.2) is 16.6 Å². The average molecular weight is 326 g/mol. The van der Waals surface area contributed by atoms with E-state index in [1.54, 1.807) is 0 Å². The lowest BCUT2D eigenvalue weighted by molar-refractivity contribution is 0.296. The summed E-state index contributed by atoms with van der Waals surface area (Å²) in [6.07, 6.45) is 0.855. The SMILES string of the molecule is NC(c1cc(Br)c2c(c1)OCCCO2)c1nn[nH]n1. The van der Waals surface area contributed by atoms with Gasteiger partial charge >= 0.3 is 0 Å². The van der Waals surface area contributed by atoms with Crippen molar-refractivity contribution in [2.45, 2.75) is 12.5 Å². The van der Waals surface area contributed by atoms with E-state index in [0.29, 0.717) is 30.5 Å². The molecule has 0 spiro atoms. The fourth-order valence-electron chi connectivity index (χ4n) is 1.88. The first-order valence-electron chi connectivity index (χ1n) is 5.83. The molecule has 7 nitrogen and oxygen atoms in total. The van der Waals surface area contributed by atoms with Gasteiger partial charge in [-0.15, -0.1) is 10.2 Å². The molecule has 0 bridgehead atoms. The molecule has 19 heavy (non-hydrogen) atoms. The minimum absolute atomic E-state index is 0.432. The molecule has 1 aliphatic heterocycles. The maximum Gasteiger partial charge on any atom is 0.195 e. The summed E-state index contributed by atoms with van der Waals surface area (Å²) in [5.74, 6) is 1.82. The molecule has 3 rings (SSSR count). The number of nitrogens with one attached hydrogen (secondary N) is 1. The number of H-pyrrole nitrogens is 1. The molecular weight excluding hydrogens is 314 g/mol. The summed E-state index contributed by atoms with van der Waals surface area (Å²) in [6, 6.07) is 3.27. The first kappa shape index (κ1) is 12.4. The summed E-state index contributed by atoms with van der Waals surface area (Å²) in [5, 5.41) is 13.7. The van der Waals surface area contributed by atoms with E-state index in [2.05, 4.69) is 36.6 Å². The molecule has 8 heteroatoms. The fraction of sp³-hybridized carbons (Fsp3) is 0.364. The van der Waals surface area contributed by atoms with Gasteiger partial charge in [-0.25, -0.2) is 0 Å². The number of aromatic amines is 1. The summed E-state index contributed by atoms with van der Waals surface area (Å²) >= 11 is 3.47. The van der Waals surface area contributed by atoms with Crippen LogP contribution in [-0.2, 0) is 0 Å². The lowest BCUT2D eigenvalue weighted by Gasteiger charge is -2.14. The molecule has 0 saturated heterocycles. The van der Waals surface area contributed by atoms with Gasteiger partial charge < -0.3 is 15.2 Å². The number of nitrogens with zero attached hydrogens (tertiary/aromatic N) is 3. The van der Waals surface area contributed by atoms with Crippen molar-refractivity contribution in [3.63, 3.8) is 0 Å². The summed E-state index contributed by atoms with van der Waals surface area (Å²) in [7, 11) is 0. The number of hydrogen-bond acceptors (Lipinski definition) is 6. The molecule has 0 aliphatic carbocycles. The van der Waals surface area contributed by atoms with Gasteiger partial charge in [-0.1, -0.05) is 5.21 Å². The molecule has 1 atom stereocenters. The normalized spacial score (nSPS) is 15.9. The first-order chi connectivity index (χ1) is 9.25. The van der Waals surface area contributed by atoms with Gasteiger partial charge in [0.1, 0.15) is 0 Å². The lowest BCUT2D eigenvalue weighted by atomic mass is 10.1. The zero-order valence-corrected chi connectivity index (χ0v) is 11.6. The number of hydrogen-bond donors (Lipinski definition) is 2. The third-order valence-electron chi connectivity index (χ3n) is 2.82. The van der Waals surface area contributed by atoms with Gasteiger partial charge in [0.05, 0.1) is 23.7 Å². The van der Waals surface area contributed by atoms with Gasteiger partial charge in [-0.3, -0.25) is 0 Å². The van der Waals surface area contributed by atoms with E-state index in [1.165, 1.54) is 0 Å². The molecule has 1 aliphatic rings. The van der Waals surface area contributed by atoms with Crippen molar-refractivity contribution in [3.8, 4) is 11.5 Å². The van der Waals surface area contributed by atoms with Crippen molar-refractivity contribution in [1.29, 1.82) is 0 Å². The molecule has 1 aromatic heterocycles. The molecule has 1 unspecified atom stereocenters. The lowest BCUT2D eigenvalue weighted by Crippen LogP contribution is -2.14. The Hall–Kier alpha value is -1.67. The molecule has 0 fully saturated rings. The van der Waals surface area contributed by atoms with Gasteiger partial charge in [0.2, 0.25) is 0 Å². The van der Waals surface area contributed by atoms with Gasteiger partial charge in [0, 0.05) is 6.42 Å². The smallest absolute Gasteiger partial charge is 0.195 e. The van der Waals surface area contributed by atoms with E-state index in [4.69, 9.17) is 15.2 Å². The standard InChI is InChI=1S/C11H12BrN5O2/c12-7-4-6(9(13)11-14-16-17-15-11)5-8-10(7)19-3-1-2-18-8/h4-5,9H,1-3,13H2,(H,14,15,16,17). The van der Waals surface area contributed by atoms with Crippen LogP contribution in [0.5, 0.6) is 11.5 Å². The van der Waals surface area contributed by atoms with Gasteiger partial charge in [0.15, 0.2) is 17.3 Å². The third-order valence-corrected chi connectivity index (χ3v) is 3.41. The van der Waals surface area contributed by atoms with Crippen molar-refractivity contribution >= 4 is 15.9 Å². The number of tetrazole rings is 1. The Morgan fingerprint density at radius 2 is 2.16 bits per heavy atom. The number of halogens is 1. The summed E-state index contributed by atoms with van der Waals surface area (Å²) in [5.41, 5.74) is 6.93. The Morgan fingerprint density at radius 1 is 1.32 bits per heavy atom. The number of fused-ring (bicyclic) bond motifs is 1. The molecular formula is C11H12BrN5O2. The number of aromatic nitrogens is 4. The Bertz CT molecular complexity index is 575. The number of rotatable bonds is 2. The molecule has 2 heterocycles. The van der Waals surface area contributed by atoms with E-state index < -0.39 is 6.04 Å². The van der Waals surface area contributed by atoms with Crippen molar-refractivity contribution in [2.75, 3.05) is 13.2 Å². The van der Waals surface area contributed by atoms with E-state index in [1.807, 2.05) is 12.1 Å². The zero-order valence-electron chi connectivity index (χ0n) is 9.97. The third kappa shape index (κ3) is 2.41. The molecule has 1 aromatic carbocycles. The maximum atomic E-state index is 6.10. The number of benzene rings is 1. The van der Waals surface area contributed by atoms with E-state index in [-0.39, 0.29) is 0 Å². The second-order valence-corrected chi connectivity index (χ2v) is 4.98. The Morgan fingerprint density at radius 3 is 2.95 bits per heavy atom. The highest BCUT2D eigenvalue weighted by Crippen LogP contribution is 2.39. The molecule has 3 N–H and O–H groups in total. The first-order valence-corrected chi connectivity index (χ1v) is 6.63. The average Bonchev–Trinajstić information content (AvgIpc) is 2.83. The van der Waals surface area contributed by atoms with Crippen molar-refractivity contribution in [1.82, 2.24) is 20.6 Å². The van der Waals surface area contributed by atoms with Crippen LogP contribution in [0, 0.1) is 0 Å². The minimum atomic E-state index is -0.466. The van der Waals surface area contributed by atoms with Gasteiger partial charge in [-0.2, -0.15) is 5.21 Å². The minimum Gasteiger partial charge on any atom is -0.490 e. The molecule has 0 amide bonds. The van der Waals surface area contributed by atoms with E-state index in [0.717, 1.165) is 16.5 Å². The molecule has 2 aromatic rings. The zero-order chi connectivity index (χ0) is 13.2. The largest absolute Gasteiger partial charge is 0.490 e. The van der Waals surface area contributed by atoms with Crippen LogP contribution in [0.3, 0.4) is 0 Å². The topological polar surface area (TPSA) is 98.9 Å². The van der Waals surface area contributed by atoms with Crippen LogP contribution in [-0.4, -0.2) is 33.8 Å².